The van der Waals surface area contributed by atoms with Gasteiger partial charge in [0.25, 0.3) is 0 Å². The van der Waals surface area contributed by atoms with Crippen LogP contribution >= 0.6 is 15.9 Å². The molecule has 0 bridgehead atoms. The van der Waals surface area contributed by atoms with Crippen molar-refractivity contribution in [1.82, 2.24) is 4.31 Å². The second kappa shape index (κ2) is 6.08. The minimum Gasteiger partial charge on any atom is -0.207 e. The molecule has 3 nitrogen and oxygen atoms in total. The van der Waals surface area contributed by atoms with Crippen molar-refractivity contribution >= 4 is 26.0 Å². The van der Waals surface area contributed by atoms with Crippen LogP contribution in [-0.2, 0) is 16.6 Å². The van der Waals surface area contributed by atoms with Crippen LogP contribution in [0.3, 0.4) is 0 Å². The third-order valence-corrected chi connectivity index (χ3v) is 5.39. The molecule has 20 heavy (non-hydrogen) atoms. The van der Waals surface area contributed by atoms with E-state index in [0.717, 1.165) is 15.6 Å². The number of halogens is 1. The van der Waals surface area contributed by atoms with Crippen molar-refractivity contribution in [3.8, 4) is 0 Å². The Kier molecular flexibility index (Phi) is 4.62. The fraction of sp³-hybridized carbons (Fsp3) is 0.200. The molecule has 2 rings (SSSR count). The number of rotatable bonds is 4. The van der Waals surface area contributed by atoms with Gasteiger partial charge in [0.2, 0.25) is 10.0 Å². The lowest BCUT2D eigenvalue weighted by Gasteiger charge is -2.17. The summed E-state index contributed by atoms with van der Waals surface area (Å²) in [6.07, 6.45) is 0. The number of aryl methyl sites for hydroxylation is 1. The minimum atomic E-state index is -3.44. The lowest BCUT2D eigenvalue weighted by Crippen LogP contribution is -2.26. The molecular weight excluding hydrogens is 338 g/mol. The normalized spacial score (nSPS) is 11.8. The molecule has 5 heteroatoms. The second-order valence-corrected chi connectivity index (χ2v) is 7.66. The van der Waals surface area contributed by atoms with E-state index in [9.17, 15) is 8.42 Å². The van der Waals surface area contributed by atoms with Gasteiger partial charge in [-0.15, -0.1) is 0 Å². The maximum absolute atomic E-state index is 12.4. The van der Waals surface area contributed by atoms with Crippen LogP contribution in [0, 0.1) is 6.92 Å². The van der Waals surface area contributed by atoms with Gasteiger partial charge in [-0.25, -0.2) is 8.42 Å². The molecule has 0 aliphatic heterocycles. The Balaban J connectivity index is 2.21. The molecular formula is C15H16BrNO2S. The maximum Gasteiger partial charge on any atom is 0.243 e. The van der Waals surface area contributed by atoms with Gasteiger partial charge < -0.3 is 0 Å². The van der Waals surface area contributed by atoms with E-state index in [1.807, 2.05) is 31.2 Å². The summed E-state index contributed by atoms with van der Waals surface area (Å²) in [6, 6.07) is 14.5. The summed E-state index contributed by atoms with van der Waals surface area (Å²) in [5.41, 5.74) is 1.99. The number of hydrogen-bond acceptors (Lipinski definition) is 2. The monoisotopic (exact) mass is 353 g/mol. The van der Waals surface area contributed by atoms with Crippen LogP contribution in [0.2, 0.25) is 0 Å². The first kappa shape index (κ1) is 15.2. The lowest BCUT2D eigenvalue weighted by atomic mass is 10.2. The van der Waals surface area contributed by atoms with Crippen molar-refractivity contribution in [3.05, 3.63) is 64.1 Å². The van der Waals surface area contributed by atoms with Crippen LogP contribution in [0.5, 0.6) is 0 Å². The molecule has 0 saturated heterocycles. The van der Waals surface area contributed by atoms with E-state index in [2.05, 4.69) is 15.9 Å². The summed E-state index contributed by atoms with van der Waals surface area (Å²) in [7, 11) is -1.85. The number of hydrogen-bond donors (Lipinski definition) is 0. The smallest absolute Gasteiger partial charge is 0.207 e. The van der Waals surface area contributed by atoms with Gasteiger partial charge in [-0.1, -0.05) is 45.8 Å². The molecule has 0 N–H and O–H groups in total. The van der Waals surface area contributed by atoms with Gasteiger partial charge in [-0.2, -0.15) is 4.31 Å². The molecule has 0 amide bonds. The second-order valence-electron chi connectivity index (χ2n) is 4.70. The molecule has 0 aromatic heterocycles. The summed E-state index contributed by atoms with van der Waals surface area (Å²) >= 11 is 3.36. The number of sulfonamides is 1. The predicted molar refractivity (Wildman–Crippen MR) is 84.0 cm³/mol. The third kappa shape index (κ3) is 3.48. The van der Waals surface area contributed by atoms with Crippen LogP contribution in [-0.4, -0.2) is 19.8 Å². The Morgan fingerprint density at radius 3 is 2.10 bits per heavy atom. The molecule has 106 valence electrons. The van der Waals surface area contributed by atoms with E-state index in [1.54, 1.807) is 31.3 Å². The molecule has 0 fully saturated rings. The zero-order chi connectivity index (χ0) is 14.8. The molecule has 0 atom stereocenters. The van der Waals surface area contributed by atoms with E-state index < -0.39 is 10.0 Å². The van der Waals surface area contributed by atoms with Gasteiger partial charge in [0.15, 0.2) is 0 Å². The fourth-order valence-corrected chi connectivity index (χ4v) is 3.25. The Labute approximate surface area is 128 Å². The summed E-state index contributed by atoms with van der Waals surface area (Å²) < 4.78 is 27.2. The Bertz CT molecular complexity index is 679. The van der Waals surface area contributed by atoms with Crippen molar-refractivity contribution in [3.63, 3.8) is 0 Å². The maximum atomic E-state index is 12.4. The van der Waals surface area contributed by atoms with Gasteiger partial charge in [0.05, 0.1) is 4.90 Å². The molecule has 0 aliphatic carbocycles. The lowest BCUT2D eigenvalue weighted by molar-refractivity contribution is 0.466. The van der Waals surface area contributed by atoms with Gasteiger partial charge in [-0.05, 0) is 36.8 Å². The van der Waals surface area contributed by atoms with Gasteiger partial charge >= 0.3 is 0 Å². The highest BCUT2D eigenvalue weighted by atomic mass is 79.9. The van der Waals surface area contributed by atoms with E-state index in [1.165, 1.54) is 4.31 Å². The Hall–Kier alpha value is -1.17. The molecule has 2 aromatic rings. The Morgan fingerprint density at radius 1 is 1.00 bits per heavy atom. The first-order chi connectivity index (χ1) is 9.39. The zero-order valence-corrected chi connectivity index (χ0v) is 13.8. The van der Waals surface area contributed by atoms with Crippen molar-refractivity contribution in [2.24, 2.45) is 0 Å². The fourth-order valence-electron chi connectivity index (χ4n) is 1.82. The highest BCUT2D eigenvalue weighted by molar-refractivity contribution is 9.10. The predicted octanol–water partition coefficient (Wildman–Crippen LogP) is 3.58. The van der Waals surface area contributed by atoms with Crippen molar-refractivity contribution in [1.29, 1.82) is 0 Å². The average molecular weight is 354 g/mol. The topological polar surface area (TPSA) is 37.4 Å². The first-order valence-corrected chi connectivity index (χ1v) is 8.40. The van der Waals surface area contributed by atoms with Crippen LogP contribution in [0.1, 0.15) is 11.1 Å². The standard InChI is InChI=1S/C15H16BrNO2S/c1-12-3-9-15(10-4-12)20(18,19)17(2)11-13-5-7-14(16)8-6-13/h3-10H,11H2,1-2H3. The molecule has 0 heterocycles. The van der Waals surface area contributed by atoms with Crippen LogP contribution in [0.4, 0.5) is 0 Å². The first-order valence-electron chi connectivity index (χ1n) is 6.17. The molecule has 0 unspecified atom stereocenters. The van der Waals surface area contributed by atoms with E-state index in [-0.39, 0.29) is 0 Å². The van der Waals surface area contributed by atoms with Crippen molar-refractivity contribution in [2.45, 2.75) is 18.4 Å². The van der Waals surface area contributed by atoms with Crippen molar-refractivity contribution in [2.75, 3.05) is 7.05 Å². The average Bonchev–Trinajstić information content (AvgIpc) is 2.42. The number of benzene rings is 2. The molecule has 2 aromatic carbocycles. The largest absolute Gasteiger partial charge is 0.243 e. The van der Waals surface area contributed by atoms with Crippen molar-refractivity contribution < 1.29 is 8.42 Å². The van der Waals surface area contributed by atoms with Crippen LogP contribution in [0.25, 0.3) is 0 Å². The quantitative estimate of drug-likeness (QED) is 0.842. The van der Waals surface area contributed by atoms with E-state index in [4.69, 9.17) is 0 Å². The summed E-state index contributed by atoms with van der Waals surface area (Å²) in [5.74, 6) is 0. The molecule has 0 radical (unpaired) electrons. The zero-order valence-electron chi connectivity index (χ0n) is 11.4. The molecule has 0 spiro atoms. The van der Waals surface area contributed by atoms with Crippen LogP contribution < -0.4 is 0 Å². The van der Waals surface area contributed by atoms with Crippen LogP contribution in [0.15, 0.2) is 57.9 Å². The third-order valence-electron chi connectivity index (χ3n) is 3.05. The Morgan fingerprint density at radius 2 is 1.55 bits per heavy atom. The summed E-state index contributed by atoms with van der Waals surface area (Å²) in [5, 5.41) is 0. The highest BCUT2D eigenvalue weighted by Crippen LogP contribution is 2.18. The number of nitrogens with zero attached hydrogens (tertiary/aromatic N) is 1. The summed E-state index contributed by atoms with van der Waals surface area (Å²) in [4.78, 5) is 0.322. The molecule has 0 aliphatic rings. The molecule has 0 saturated carbocycles. The summed E-state index contributed by atoms with van der Waals surface area (Å²) in [6.45, 7) is 2.28. The SMILES string of the molecule is Cc1ccc(S(=O)(=O)N(C)Cc2ccc(Br)cc2)cc1. The van der Waals surface area contributed by atoms with E-state index in [0.29, 0.717) is 11.4 Å². The van der Waals surface area contributed by atoms with Gasteiger partial charge in [0, 0.05) is 18.1 Å². The van der Waals surface area contributed by atoms with Gasteiger partial charge in [-0.3, -0.25) is 0 Å². The van der Waals surface area contributed by atoms with Gasteiger partial charge in [0.1, 0.15) is 0 Å². The highest BCUT2D eigenvalue weighted by Gasteiger charge is 2.20. The van der Waals surface area contributed by atoms with E-state index >= 15 is 0 Å². The minimum absolute atomic E-state index is 0.322.